The highest BCUT2D eigenvalue weighted by Gasteiger charge is 2.21. The van der Waals surface area contributed by atoms with E-state index in [1.165, 1.54) is 6.07 Å². The zero-order valence-corrected chi connectivity index (χ0v) is 9.13. The van der Waals surface area contributed by atoms with Crippen LogP contribution >= 0.6 is 0 Å². The number of hydrogen-bond acceptors (Lipinski definition) is 2. The van der Waals surface area contributed by atoms with Gasteiger partial charge < -0.3 is 10.6 Å². The van der Waals surface area contributed by atoms with Gasteiger partial charge in [-0.3, -0.25) is 0 Å². The molecule has 2 N–H and O–H groups in total. The van der Waals surface area contributed by atoms with Gasteiger partial charge >= 0.3 is 0 Å². The lowest BCUT2D eigenvalue weighted by atomic mass is 9.93. The normalized spacial score (nSPS) is 11.6. The van der Waals surface area contributed by atoms with Crippen molar-refractivity contribution >= 4 is 5.69 Å². The molecule has 0 unspecified atom stereocenters. The lowest BCUT2D eigenvalue weighted by molar-refractivity contribution is 0.543. The van der Waals surface area contributed by atoms with Gasteiger partial charge in [0, 0.05) is 19.6 Å². The molecule has 0 bridgehead atoms. The quantitative estimate of drug-likeness (QED) is 0.784. The third-order valence-electron chi connectivity index (χ3n) is 2.13. The Hall–Kier alpha value is -1.09. The monoisotopic (exact) mass is 196 g/mol. The fourth-order valence-electron chi connectivity index (χ4n) is 1.49. The molecule has 0 saturated heterocycles. The summed E-state index contributed by atoms with van der Waals surface area (Å²) in [7, 11) is 3.63. The number of nitrogens with two attached hydrogens (primary N) is 1. The minimum Gasteiger partial charge on any atom is -0.375 e. The van der Waals surface area contributed by atoms with Crippen molar-refractivity contribution in [2.24, 2.45) is 5.73 Å². The van der Waals surface area contributed by atoms with Crippen LogP contribution in [0.3, 0.4) is 0 Å². The Morgan fingerprint density at radius 2 is 1.86 bits per heavy atom. The van der Waals surface area contributed by atoms with Crippen LogP contribution in [0.5, 0.6) is 0 Å². The lowest BCUT2D eigenvalue weighted by Crippen LogP contribution is -2.31. The molecule has 2 nitrogen and oxygen atoms in total. The van der Waals surface area contributed by atoms with Gasteiger partial charge in [-0.15, -0.1) is 0 Å². The van der Waals surface area contributed by atoms with Crippen LogP contribution in [-0.4, -0.2) is 14.1 Å². The van der Waals surface area contributed by atoms with E-state index in [-0.39, 0.29) is 5.82 Å². The van der Waals surface area contributed by atoms with E-state index < -0.39 is 5.54 Å². The molecule has 0 aliphatic rings. The Labute approximate surface area is 84.5 Å². The summed E-state index contributed by atoms with van der Waals surface area (Å²) >= 11 is 0. The van der Waals surface area contributed by atoms with Crippen LogP contribution in [0, 0.1) is 5.82 Å². The van der Waals surface area contributed by atoms with Gasteiger partial charge in [0.05, 0.1) is 5.69 Å². The summed E-state index contributed by atoms with van der Waals surface area (Å²) in [4.78, 5) is 1.75. The van der Waals surface area contributed by atoms with E-state index in [1.807, 2.05) is 34.0 Å². The van der Waals surface area contributed by atoms with Crippen LogP contribution in [0.1, 0.15) is 19.4 Å². The molecular weight excluding hydrogens is 179 g/mol. The first-order valence-electron chi connectivity index (χ1n) is 4.59. The molecule has 1 aromatic rings. The maximum Gasteiger partial charge on any atom is 0.146 e. The van der Waals surface area contributed by atoms with Crippen LogP contribution in [0.4, 0.5) is 10.1 Å². The Kier molecular flexibility index (Phi) is 2.81. The summed E-state index contributed by atoms with van der Waals surface area (Å²) in [5.41, 5.74) is 6.84. The third-order valence-corrected chi connectivity index (χ3v) is 2.13. The van der Waals surface area contributed by atoms with E-state index in [4.69, 9.17) is 5.73 Å². The highest BCUT2D eigenvalue weighted by atomic mass is 19.1. The van der Waals surface area contributed by atoms with Crippen molar-refractivity contribution in [3.8, 4) is 0 Å². The van der Waals surface area contributed by atoms with E-state index in [2.05, 4.69) is 0 Å². The molecule has 3 heteroatoms. The Balaban J connectivity index is 3.36. The van der Waals surface area contributed by atoms with Gasteiger partial charge in [0.25, 0.3) is 0 Å². The molecule has 1 aromatic carbocycles. The first-order chi connectivity index (χ1) is 6.34. The molecule has 0 aliphatic heterocycles. The van der Waals surface area contributed by atoms with Gasteiger partial charge in [-0.25, -0.2) is 4.39 Å². The third kappa shape index (κ3) is 2.04. The van der Waals surface area contributed by atoms with Crippen LogP contribution in [0.15, 0.2) is 18.2 Å². The predicted octanol–water partition coefficient (Wildman–Crippen LogP) is 2.09. The van der Waals surface area contributed by atoms with Crippen molar-refractivity contribution in [1.82, 2.24) is 0 Å². The molecule has 0 spiro atoms. The van der Waals surface area contributed by atoms with Crippen LogP contribution < -0.4 is 10.6 Å². The molecule has 0 fully saturated rings. The lowest BCUT2D eigenvalue weighted by Gasteiger charge is -2.26. The zero-order chi connectivity index (χ0) is 10.9. The Morgan fingerprint density at radius 3 is 2.21 bits per heavy atom. The summed E-state index contributed by atoms with van der Waals surface area (Å²) in [5.74, 6) is -0.231. The number of benzene rings is 1. The number of nitrogens with zero attached hydrogens (tertiary/aromatic N) is 1. The summed E-state index contributed by atoms with van der Waals surface area (Å²) in [6.45, 7) is 3.74. The molecular formula is C11H17FN2. The maximum absolute atomic E-state index is 13.5. The molecule has 0 amide bonds. The largest absolute Gasteiger partial charge is 0.375 e. The summed E-state index contributed by atoms with van der Waals surface area (Å²) in [6.07, 6.45) is 0. The van der Waals surface area contributed by atoms with E-state index in [0.717, 1.165) is 5.56 Å². The van der Waals surface area contributed by atoms with Gasteiger partial charge in [-0.05, 0) is 25.5 Å². The Morgan fingerprint density at radius 1 is 1.29 bits per heavy atom. The molecule has 0 atom stereocenters. The summed E-state index contributed by atoms with van der Waals surface area (Å²) in [6, 6.07) is 5.00. The second-order valence-electron chi connectivity index (χ2n) is 4.25. The van der Waals surface area contributed by atoms with Crippen molar-refractivity contribution in [3.05, 3.63) is 29.6 Å². The van der Waals surface area contributed by atoms with Crippen molar-refractivity contribution in [2.75, 3.05) is 19.0 Å². The van der Waals surface area contributed by atoms with E-state index in [1.54, 1.807) is 11.0 Å². The first-order valence-corrected chi connectivity index (χ1v) is 4.59. The van der Waals surface area contributed by atoms with Gasteiger partial charge in [0.15, 0.2) is 0 Å². The van der Waals surface area contributed by atoms with E-state index >= 15 is 0 Å². The fourth-order valence-corrected chi connectivity index (χ4v) is 1.49. The Bertz CT molecular complexity index is 327. The van der Waals surface area contributed by atoms with E-state index in [0.29, 0.717) is 5.69 Å². The minimum atomic E-state index is -0.526. The molecule has 0 radical (unpaired) electrons. The standard InChI is InChI=1S/C11H17FN2/c1-11(2,13)8-6-5-7-9(12)10(8)14(3)4/h5-7H,13H2,1-4H3. The molecule has 78 valence electrons. The SMILES string of the molecule is CN(C)c1c(F)cccc1C(C)(C)N. The van der Waals surface area contributed by atoms with Crippen LogP contribution in [0.25, 0.3) is 0 Å². The zero-order valence-electron chi connectivity index (χ0n) is 9.13. The number of halogens is 1. The average molecular weight is 196 g/mol. The number of anilines is 1. The fraction of sp³-hybridized carbons (Fsp3) is 0.455. The number of rotatable bonds is 2. The second-order valence-corrected chi connectivity index (χ2v) is 4.25. The molecule has 14 heavy (non-hydrogen) atoms. The van der Waals surface area contributed by atoms with Crippen molar-refractivity contribution in [1.29, 1.82) is 0 Å². The summed E-state index contributed by atoms with van der Waals surface area (Å²) in [5, 5.41) is 0. The summed E-state index contributed by atoms with van der Waals surface area (Å²) < 4.78 is 13.5. The molecule has 0 aliphatic carbocycles. The van der Waals surface area contributed by atoms with Gasteiger partial charge in [-0.1, -0.05) is 12.1 Å². The number of para-hydroxylation sites is 1. The molecule has 0 saturated carbocycles. The van der Waals surface area contributed by atoms with Crippen molar-refractivity contribution in [2.45, 2.75) is 19.4 Å². The minimum absolute atomic E-state index is 0.231. The van der Waals surface area contributed by atoms with Gasteiger partial charge in [0.2, 0.25) is 0 Å². The average Bonchev–Trinajstić information content (AvgIpc) is 2.01. The number of hydrogen-bond donors (Lipinski definition) is 1. The maximum atomic E-state index is 13.5. The second kappa shape index (κ2) is 3.58. The molecule has 1 rings (SSSR count). The van der Waals surface area contributed by atoms with Crippen molar-refractivity contribution < 1.29 is 4.39 Å². The van der Waals surface area contributed by atoms with Gasteiger partial charge in [-0.2, -0.15) is 0 Å². The van der Waals surface area contributed by atoms with Crippen molar-refractivity contribution in [3.63, 3.8) is 0 Å². The highest BCUT2D eigenvalue weighted by molar-refractivity contribution is 5.56. The molecule has 0 aromatic heterocycles. The first kappa shape index (κ1) is 11.0. The smallest absolute Gasteiger partial charge is 0.146 e. The predicted molar refractivity (Wildman–Crippen MR) is 57.9 cm³/mol. The van der Waals surface area contributed by atoms with Crippen LogP contribution in [-0.2, 0) is 5.54 Å². The molecule has 0 heterocycles. The van der Waals surface area contributed by atoms with Gasteiger partial charge in [0.1, 0.15) is 5.82 Å². The van der Waals surface area contributed by atoms with Crippen LogP contribution in [0.2, 0.25) is 0 Å². The highest BCUT2D eigenvalue weighted by Crippen LogP contribution is 2.29. The topological polar surface area (TPSA) is 29.3 Å². The van der Waals surface area contributed by atoms with E-state index in [9.17, 15) is 4.39 Å².